The molecule has 4 rings (SSSR count). The number of aromatic nitrogens is 1. The van der Waals surface area contributed by atoms with Crippen LogP contribution >= 0.6 is 0 Å². The topological polar surface area (TPSA) is 62.0 Å². The molecule has 156 valence electrons. The summed E-state index contributed by atoms with van der Waals surface area (Å²) in [6, 6.07) is 27.5. The number of amides is 1. The molecule has 0 saturated heterocycles. The van der Waals surface area contributed by atoms with Gasteiger partial charge in [0.1, 0.15) is 0 Å². The average Bonchev–Trinajstić information content (AvgIpc) is 2.77. The summed E-state index contributed by atoms with van der Waals surface area (Å²) >= 11 is 0. The van der Waals surface area contributed by atoms with E-state index < -0.39 is 0 Å². The Bertz CT molecular complexity index is 1210. The Labute approximate surface area is 182 Å². The summed E-state index contributed by atoms with van der Waals surface area (Å²) in [6.07, 6.45) is 0.328. The zero-order valence-corrected chi connectivity index (χ0v) is 17.8. The van der Waals surface area contributed by atoms with Crippen molar-refractivity contribution in [3.8, 4) is 0 Å². The van der Waals surface area contributed by atoms with Crippen LogP contribution < -0.4 is 10.9 Å². The third-order valence-electron chi connectivity index (χ3n) is 5.57. The van der Waals surface area contributed by atoms with Gasteiger partial charge in [0.25, 0.3) is 0 Å². The summed E-state index contributed by atoms with van der Waals surface area (Å²) < 4.78 is 0. The van der Waals surface area contributed by atoms with E-state index in [1.165, 1.54) is 0 Å². The van der Waals surface area contributed by atoms with Crippen molar-refractivity contribution in [1.82, 2.24) is 4.98 Å². The van der Waals surface area contributed by atoms with Gasteiger partial charge in [-0.05, 0) is 34.7 Å². The van der Waals surface area contributed by atoms with Crippen molar-refractivity contribution in [2.75, 3.05) is 5.32 Å². The van der Waals surface area contributed by atoms with E-state index in [1.807, 2.05) is 54.6 Å². The first-order valence-electron chi connectivity index (χ1n) is 10.6. The molecule has 0 aliphatic heterocycles. The van der Waals surface area contributed by atoms with Gasteiger partial charge in [0.15, 0.2) is 0 Å². The fraction of sp³-hybridized carbons (Fsp3) is 0.185. The van der Waals surface area contributed by atoms with Gasteiger partial charge >= 0.3 is 0 Å². The molecule has 0 unspecified atom stereocenters. The van der Waals surface area contributed by atoms with Crippen LogP contribution in [0.5, 0.6) is 0 Å². The SMILES string of the molecule is CC(C)c1cc(=O)[nH]c2cc(NC(=O)CC(c3ccccc3)c3ccccc3)ccc12. The van der Waals surface area contributed by atoms with Crippen LogP contribution in [0.2, 0.25) is 0 Å². The molecular formula is C27H26N2O2. The molecule has 4 nitrogen and oxygen atoms in total. The van der Waals surface area contributed by atoms with Gasteiger partial charge in [-0.3, -0.25) is 9.59 Å². The number of H-pyrrole nitrogens is 1. The number of pyridine rings is 1. The van der Waals surface area contributed by atoms with E-state index in [4.69, 9.17) is 0 Å². The number of fused-ring (bicyclic) bond motifs is 1. The first-order valence-corrected chi connectivity index (χ1v) is 10.6. The standard InChI is InChI=1S/C27H26N2O2/c1-18(2)23-16-27(31)29-25-15-21(13-14-22(23)25)28-26(30)17-24(19-9-5-3-6-10-19)20-11-7-4-8-12-20/h3-16,18,24H,17H2,1-2H3,(H,28,30)(H,29,31). The van der Waals surface area contributed by atoms with Crippen molar-refractivity contribution >= 4 is 22.5 Å². The van der Waals surface area contributed by atoms with Crippen LogP contribution in [0.3, 0.4) is 0 Å². The molecule has 0 aliphatic rings. The molecule has 1 amide bonds. The summed E-state index contributed by atoms with van der Waals surface area (Å²) in [7, 11) is 0. The molecule has 0 fully saturated rings. The Morgan fingerprint density at radius 1 is 0.871 bits per heavy atom. The number of rotatable bonds is 6. The smallest absolute Gasteiger partial charge is 0.248 e. The van der Waals surface area contributed by atoms with Gasteiger partial charge in [0.2, 0.25) is 11.5 Å². The number of aromatic amines is 1. The molecule has 2 N–H and O–H groups in total. The van der Waals surface area contributed by atoms with E-state index in [0.717, 1.165) is 27.6 Å². The molecular weight excluding hydrogens is 384 g/mol. The highest BCUT2D eigenvalue weighted by atomic mass is 16.1. The predicted molar refractivity (Wildman–Crippen MR) is 127 cm³/mol. The van der Waals surface area contributed by atoms with Crippen LogP contribution in [0.1, 0.15) is 48.8 Å². The zero-order chi connectivity index (χ0) is 21.8. The van der Waals surface area contributed by atoms with Crippen molar-refractivity contribution < 1.29 is 4.79 Å². The normalized spacial score (nSPS) is 11.2. The van der Waals surface area contributed by atoms with Crippen molar-refractivity contribution in [1.29, 1.82) is 0 Å². The molecule has 4 aromatic rings. The van der Waals surface area contributed by atoms with Gasteiger partial charge in [0, 0.05) is 29.5 Å². The van der Waals surface area contributed by atoms with E-state index in [1.54, 1.807) is 6.07 Å². The molecule has 1 heterocycles. The second-order valence-corrected chi connectivity index (χ2v) is 8.13. The fourth-order valence-electron chi connectivity index (χ4n) is 4.04. The second kappa shape index (κ2) is 9.00. The third kappa shape index (κ3) is 4.75. The monoisotopic (exact) mass is 410 g/mol. The summed E-state index contributed by atoms with van der Waals surface area (Å²) in [5.74, 6) is 0.136. The van der Waals surface area contributed by atoms with Crippen molar-refractivity contribution in [3.05, 3.63) is 112 Å². The van der Waals surface area contributed by atoms with Crippen molar-refractivity contribution in [2.24, 2.45) is 0 Å². The van der Waals surface area contributed by atoms with E-state index in [2.05, 4.69) is 48.4 Å². The molecule has 3 aromatic carbocycles. The number of benzene rings is 3. The lowest BCUT2D eigenvalue weighted by Gasteiger charge is -2.18. The molecule has 31 heavy (non-hydrogen) atoms. The van der Waals surface area contributed by atoms with Crippen molar-refractivity contribution in [3.63, 3.8) is 0 Å². The molecule has 0 spiro atoms. The Kier molecular flexibility index (Phi) is 5.99. The van der Waals surface area contributed by atoms with E-state index in [-0.39, 0.29) is 23.3 Å². The maximum Gasteiger partial charge on any atom is 0.248 e. The maximum atomic E-state index is 13.0. The van der Waals surface area contributed by atoms with Gasteiger partial charge in [-0.1, -0.05) is 80.6 Å². The summed E-state index contributed by atoms with van der Waals surface area (Å²) in [5, 5.41) is 4.01. The highest BCUT2D eigenvalue weighted by Crippen LogP contribution is 2.29. The summed E-state index contributed by atoms with van der Waals surface area (Å²) in [4.78, 5) is 27.9. The molecule has 0 bridgehead atoms. The first-order chi connectivity index (χ1) is 15.0. The Morgan fingerprint density at radius 3 is 2.06 bits per heavy atom. The van der Waals surface area contributed by atoms with E-state index in [0.29, 0.717) is 12.1 Å². The molecule has 1 aromatic heterocycles. The second-order valence-electron chi connectivity index (χ2n) is 8.13. The Morgan fingerprint density at radius 2 is 1.48 bits per heavy atom. The van der Waals surface area contributed by atoms with Gasteiger partial charge in [-0.25, -0.2) is 0 Å². The molecule has 4 heteroatoms. The van der Waals surface area contributed by atoms with Crippen LogP contribution in [-0.2, 0) is 4.79 Å². The van der Waals surface area contributed by atoms with Gasteiger partial charge < -0.3 is 10.3 Å². The summed E-state index contributed by atoms with van der Waals surface area (Å²) in [6.45, 7) is 4.13. The highest BCUT2D eigenvalue weighted by Gasteiger charge is 2.18. The lowest BCUT2D eigenvalue weighted by Crippen LogP contribution is -2.16. The van der Waals surface area contributed by atoms with Crippen LogP contribution in [0, 0.1) is 0 Å². The molecule has 0 radical (unpaired) electrons. The summed E-state index contributed by atoms with van der Waals surface area (Å²) in [5.41, 5.74) is 4.49. The highest BCUT2D eigenvalue weighted by molar-refractivity contribution is 5.94. The van der Waals surface area contributed by atoms with Gasteiger partial charge in [-0.15, -0.1) is 0 Å². The largest absolute Gasteiger partial charge is 0.326 e. The van der Waals surface area contributed by atoms with Crippen LogP contribution in [0.15, 0.2) is 89.7 Å². The average molecular weight is 411 g/mol. The molecule has 0 saturated carbocycles. The number of nitrogens with one attached hydrogen (secondary N) is 2. The number of carbonyl (C=O) groups is 1. The van der Waals surface area contributed by atoms with Crippen LogP contribution in [-0.4, -0.2) is 10.9 Å². The fourth-order valence-corrected chi connectivity index (χ4v) is 4.04. The third-order valence-corrected chi connectivity index (χ3v) is 5.57. The lowest BCUT2D eigenvalue weighted by atomic mass is 9.88. The van der Waals surface area contributed by atoms with Gasteiger partial charge in [-0.2, -0.15) is 0 Å². The number of anilines is 1. The van der Waals surface area contributed by atoms with E-state index in [9.17, 15) is 9.59 Å². The maximum absolute atomic E-state index is 13.0. The number of hydrogen-bond acceptors (Lipinski definition) is 2. The first kappa shape index (κ1) is 20.6. The number of carbonyl (C=O) groups excluding carboxylic acids is 1. The minimum Gasteiger partial charge on any atom is -0.326 e. The lowest BCUT2D eigenvalue weighted by molar-refractivity contribution is -0.116. The quantitative estimate of drug-likeness (QED) is 0.421. The Hall–Kier alpha value is -3.66. The van der Waals surface area contributed by atoms with Gasteiger partial charge in [0.05, 0.1) is 5.52 Å². The number of hydrogen-bond donors (Lipinski definition) is 2. The molecule has 0 aliphatic carbocycles. The Balaban J connectivity index is 1.59. The minimum absolute atomic E-state index is 0.0322. The zero-order valence-electron chi connectivity index (χ0n) is 17.8. The molecule has 0 atom stereocenters. The van der Waals surface area contributed by atoms with E-state index >= 15 is 0 Å². The van der Waals surface area contributed by atoms with Crippen LogP contribution in [0.25, 0.3) is 10.9 Å². The predicted octanol–water partition coefficient (Wildman–Crippen LogP) is 5.81. The van der Waals surface area contributed by atoms with Crippen molar-refractivity contribution in [2.45, 2.75) is 32.1 Å². The minimum atomic E-state index is -0.132. The van der Waals surface area contributed by atoms with Crippen LogP contribution in [0.4, 0.5) is 5.69 Å².